The average molecular weight is 343 g/mol. The Hall–Kier alpha value is -2.69. The average Bonchev–Trinajstić information content (AvgIpc) is 2.66. The maximum absolute atomic E-state index is 12.6. The van der Waals surface area contributed by atoms with Crippen molar-refractivity contribution in [1.82, 2.24) is 0 Å². The molecule has 0 saturated heterocycles. The second-order valence-electron chi connectivity index (χ2n) is 5.51. The molecule has 1 amide bonds. The number of carbonyl (C=O) groups excluding carboxylic acids is 1. The van der Waals surface area contributed by atoms with Crippen molar-refractivity contribution in [1.29, 1.82) is 0 Å². The van der Waals surface area contributed by atoms with E-state index in [2.05, 4.69) is 0 Å². The first-order valence-corrected chi connectivity index (χ1v) is 8.28. The van der Waals surface area contributed by atoms with Gasteiger partial charge in [-0.05, 0) is 43.2 Å². The van der Waals surface area contributed by atoms with Crippen LogP contribution in [0.1, 0.15) is 18.9 Å². The summed E-state index contributed by atoms with van der Waals surface area (Å²) >= 11 is 0. The molecule has 0 unspecified atom stereocenters. The number of amides is 1. The van der Waals surface area contributed by atoms with Gasteiger partial charge in [-0.2, -0.15) is 0 Å². The van der Waals surface area contributed by atoms with Gasteiger partial charge in [0.1, 0.15) is 0 Å². The monoisotopic (exact) mass is 343 g/mol. The number of nitrogens with zero attached hydrogens (tertiary/aromatic N) is 1. The van der Waals surface area contributed by atoms with Crippen LogP contribution in [0.25, 0.3) is 0 Å². The summed E-state index contributed by atoms with van der Waals surface area (Å²) in [6.07, 6.45) is 1.00. The van der Waals surface area contributed by atoms with Gasteiger partial charge in [-0.3, -0.25) is 4.79 Å². The number of anilines is 1. The molecule has 2 rings (SSSR count). The Morgan fingerprint density at radius 1 is 0.960 bits per heavy atom. The molecule has 0 aromatic heterocycles. The Balaban J connectivity index is 2.13. The Labute approximate surface area is 149 Å². The molecular weight excluding hydrogens is 318 g/mol. The molecule has 134 valence electrons. The summed E-state index contributed by atoms with van der Waals surface area (Å²) in [5, 5.41) is 0. The number of benzene rings is 2. The first-order chi connectivity index (χ1) is 12.1. The molecule has 5 nitrogen and oxygen atoms in total. The van der Waals surface area contributed by atoms with Crippen LogP contribution < -0.4 is 19.1 Å². The fourth-order valence-corrected chi connectivity index (χ4v) is 2.78. The number of hydrogen-bond acceptors (Lipinski definition) is 4. The van der Waals surface area contributed by atoms with Crippen molar-refractivity contribution < 1.29 is 19.0 Å². The summed E-state index contributed by atoms with van der Waals surface area (Å²) in [7, 11) is 4.74. The maximum Gasteiger partial charge on any atom is 0.227 e. The minimum Gasteiger partial charge on any atom is -0.493 e. The van der Waals surface area contributed by atoms with Crippen molar-refractivity contribution >= 4 is 11.6 Å². The molecular formula is C20H25NO4. The Bertz CT molecular complexity index is 675. The molecule has 0 aliphatic heterocycles. The molecule has 0 saturated carbocycles. The summed E-state index contributed by atoms with van der Waals surface area (Å²) < 4.78 is 16.1. The number of aryl methyl sites for hydroxylation is 1. The zero-order chi connectivity index (χ0) is 18.2. The molecule has 0 fully saturated rings. The number of carbonyl (C=O) groups is 1. The van der Waals surface area contributed by atoms with Crippen LogP contribution in [0.3, 0.4) is 0 Å². The van der Waals surface area contributed by atoms with Gasteiger partial charge in [-0.1, -0.05) is 18.2 Å². The van der Waals surface area contributed by atoms with Crippen LogP contribution in [0.4, 0.5) is 5.69 Å². The third-order valence-electron chi connectivity index (χ3n) is 4.04. The van der Waals surface area contributed by atoms with Gasteiger partial charge in [0, 0.05) is 18.7 Å². The van der Waals surface area contributed by atoms with Crippen LogP contribution >= 0.6 is 0 Å². The van der Waals surface area contributed by atoms with Crippen molar-refractivity contribution in [2.45, 2.75) is 19.8 Å². The van der Waals surface area contributed by atoms with E-state index >= 15 is 0 Å². The van der Waals surface area contributed by atoms with Crippen molar-refractivity contribution in [3.05, 3.63) is 48.0 Å². The molecule has 0 atom stereocenters. The lowest BCUT2D eigenvalue weighted by atomic mass is 10.1. The second kappa shape index (κ2) is 8.97. The molecule has 0 heterocycles. The van der Waals surface area contributed by atoms with Gasteiger partial charge in [0.15, 0.2) is 11.5 Å². The molecule has 2 aromatic carbocycles. The fraction of sp³-hybridized carbons (Fsp3) is 0.350. The molecule has 0 radical (unpaired) electrons. The van der Waals surface area contributed by atoms with Gasteiger partial charge < -0.3 is 19.1 Å². The van der Waals surface area contributed by atoms with E-state index in [9.17, 15) is 4.79 Å². The summed E-state index contributed by atoms with van der Waals surface area (Å²) in [5.41, 5.74) is 1.88. The van der Waals surface area contributed by atoms with Crippen LogP contribution in [0, 0.1) is 0 Å². The Morgan fingerprint density at radius 3 is 2.04 bits per heavy atom. The molecule has 0 bridgehead atoms. The molecule has 25 heavy (non-hydrogen) atoms. The molecule has 2 aromatic rings. The van der Waals surface area contributed by atoms with Gasteiger partial charge in [-0.15, -0.1) is 0 Å². The fourth-order valence-electron chi connectivity index (χ4n) is 2.78. The van der Waals surface area contributed by atoms with E-state index in [1.807, 2.05) is 49.4 Å². The normalized spacial score (nSPS) is 10.2. The molecule has 0 spiro atoms. The van der Waals surface area contributed by atoms with E-state index in [-0.39, 0.29) is 5.91 Å². The summed E-state index contributed by atoms with van der Waals surface area (Å²) in [5.74, 6) is 1.83. The first-order valence-electron chi connectivity index (χ1n) is 8.28. The first kappa shape index (κ1) is 18.6. The number of methoxy groups -OCH3 is 3. The molecule has 0 aliphatic rings. The van der Waals surface area contributed by atoms with Crippen LogP contribution in [-0.2, 0) is 11.2 Å². The van der Waals surface area contributed by atoms with Crippen LogP contribution in [0.5, 0.6) is 17.2 Å². The minimum atomic E-state index is 0.0856. The lowest BCUT2D eigenvalue weighted by Gasteiger charge is -2.21. The lowest BCUT2D eigenvalue weighted by Crippen LogP contribution is -2.30. The minimum absolute atomic E-state index is 0.0856. The highest BCUT2D eigenvalue weighted by atomic mass is 16.5. The van der Waals surface area contributed by atoms with E-state index in [1.165, 1.54) is 0 Å². The van der Waals surface area contributed by atoms with E-state index in [0.717, 1.165) is 11.3 Å². The smallest absolute Gasteiger partial charge is 0.227 e. The molecule has 5 heteroatoms. The van der Waals surface area contributed by atoms with Crippen molar-refractivity contribution in [3.8, 4) is 17.2 Å². The maximum atomic E-state index is 12.6. The van der Waals surface area contributed by atoms with E-state index in [1.54, 1.807) is 26.2 Å². The number of para-hydroxylation sites is 1. The summed E-state index contributed by atoms with van der Waals surface area (Å²) in [6, 6.07) is 13.5. The SMILES string of the molecule is CCN(C(=O)CCc1cc(OC)c(OC)c(OC)c1)c1ccccc1. The van der Waals surface area contributed by atoms with Gasteiger partial charge >= 0.3 is 0 Å². The predicted octanol–water partition coefficient (Wildman–Crippen LogP) is 3.70. The zero-order valence-electron chi connectivity index (χ0n) is 15.2. The highest BCUT2D eigenvalue weighted by molar-refractivity contribution is 5.93. The van der Waals surface area contributed by atoms with Crippen LogP contribution in [0.2, 0.25) is 0 Å². The zero-order valence-corrected chi connectivity index (χ0v) is 15.2. The standard InChI is InChI=1S/C20H25NO4/c1-5-21(16-9-7-6-8-10-16)19(22)12-11-15-13-17(23-2)20(25-4)18(14-15)24-3/h6-10,13-14H,5,11-12H2,1-4H3. The van der Waals surface area contributed by atoms with Crippen LogP contribution in [-0.4, -0.2) is 33.8 Å². The van der Waals surface area contributed by atoms with Crippen LogP contribution in [0.15, 0.2) is 42.5 Å². The largest absolute Gasteiger partial charge is 0.493 e. The Kier molecular flexibility index (Phi) is 6.69. The van der Waals surface area contributed by atoms with Crippen molar-refractivity contribution in [3.63, 3.8) is 0 Å². The highest BCUT2D eigenvalue weighted by Crippen LogP contribution is 2.38. The third-order valence-corrected chi connectivity index (χ3v) is 4.04. The van der Waals surface area contributed by atoms with Gasteiger partial charge in [0.05, 0.1) is 21.3 Å². The molecule has 0 N–H and O–H groups in total. The quantitative estimate of drug-likeness (QED) is 0.733. The van der Waals surface area contributed by atoms with E-state index in [0.29, 0.717) is 36.6 Å². The third kappa shape index (κ3) is 4.44. The predicted molar refractivity (Wildman–Crippen MR) is 98.9 cm³/mol. The van der Waals surface area contributed by atoms with Gasteiger partial charge in [-0.25, -0.2) is 0 Å². The van der Waals surface area contributed by atoms with E-state index in [4.69, 9.17) is 14.2 Å². The van der Waals surface area contributed by atoms with Gasteiger partial charge in [0.25, 0.3) is 0 Å². The number of ether oxygens (including phenoxy) is 3. The topological polar surface area (TPSA) is 48.0 Å². The lowest BCUT2D eigenvalue weighted by molar-refractivity contribution is -0.118. The summed E-state index contributed by atoms with van der Waals surface area (Å²) in [4.78, 5) is 14.4. The Morgan fingerprint density at radius 2 is 1.56 bits per heavy atom. The van der Waals surface area contributed by atoms with E-state index < -0.39 is 0 Å². The number of hydrogen-bond donors (Lipinski definition) is 0. The summed E-state index contributed by atoms with van der Waals surface area (Å²) in [6.45, 7) is 2.61. The van der Waals surface area contributed by atoms with Crippen molar-refractivity contribution in [2.24, 2.45) is 0 Å². The molecule has 0 aliphatic carbocycles. The van der Waals surface area contributed by atoms with Crippen molar-refractivity contribution in [2.75, 3.05) is 32.8 Å². The highest BCUT2D eigenvalue weighted by Gasteiger charge is 2.16. The second-order valence-corrected chi connectivity index (χ2v) is 5.51. The number of rotatable bonds is 8. The van der Waals surface area contributed by atoms with Gasteiger partial charge in [0.2, 0.25) is 11.7 Å².